The molecular weight excluding hydrogens is 166 g/mol. The van der Waals surface area contributed by atoms with E-state index in [0.717, 1.165) is 0 Å². The van der Waals surface area contributed by atoms with Gasteiger partial charge in [-0.1, -0.05) is 12.1 Å². The van der Waals surface area contributed by atoms with E-state index in [0.29, 0.717) is 6.04 Å². The zero-order valence-electron chi connectivity index (χ0n) is 7.21. The predicted molar refractivity (Wildman–Crippen MR) is 53.6 cm³/mol. The van der Waals surface area contributed by atoms with Gasteiger partial charge in [-0.05, 0) is 36.9 Å². The third-order valence-electron chi connectivity index (χ3n) is 2.34. The topological polar surface area (TPSA) is 12.0 Å². The summed E-state index contributed by atoms with van der Waals surface area (Å²) in [5.41, 5.74) is 1.43. The van der Waals surface area contributed by atoms with Crippen LogP contribution in [0.2, 0.25) is 0 Å². The molecule has 1 aliphatic rings. The van der Waals surface area contributed by atoms with E-state index in [2.05, 4.69) is 35.8 Å². The molecule has 1 heterocycles. The van der Waals surface area contributed by atoms with Crippen LogP contribution in [0.15, 0.2) is 29.2 Å². The molecule has 0 saturated carbocycles. The summed E-state index contributed by atoms with van der Waals surface area (Å²) in [6.45, 7) is 1.18. The van der Waals surface area contributed by atoms with E-state index in [1.165, 1.54) is 23.4 Å². The van der Waals surface area contributed by atoms with Gasteiger partial charge in [0.05, 0.1) is 0 Å². The Kier molecular flexibility index (Phi) is 2.38. The zero-order chi connectivity index (χ0) is 8.39. The van der Waals surface area contributed by atoms with Crippen LogP contribution in [-0.2, 0) is 0 Å². The molecule has 0 aromatic heterocycles. The summed E-state index contributed by atoms with van der Waals surface area (Å²) < 4.78 is 0. The van der Waals surface area contributed by atoms with Crippen molar-refractivity contribution in [3.05, 3.63) is 29.8 Å². The molecule has 1 nitrogen and oxygen atoms in total. The largest absolute Gasteiger partial charge is 0.310 e. The molecule has 1 saturated heterocycles. The summed E-state index contributed by atoms with van der Waals surface area (Å²) in [5, 5.41) is 3.39. The fourth-order valence-electron chi connectivity index (χ4n) is 1.41. The van der Waals surface area contributed by atoms with Gasteiger partial charge >= 0.3 is 0 Å². The monoisotopic (exact) mass is 179 g/mol. The summed E-state index contributed by atoms with van der Waals surface area (Å²) in [4.78, 5) is 1.35. The number of hydrogen-bond donors (Lipinski definition) is 1. The number of hydrogen-bond acceptors (Lipinski definition) is 2. The molecule has 1 fully saturated rings. The second-order valence-corrected chi connectivity index (χ2v) is 3.95. The van der Waals surface area contributed by atoms with E-state index in [1.807, 2.05) is 0 Å². The summed E-state index contributed by atoms with van der Waals surface area (Å²) in [6.07, 6.45) is 3.40. The maximum atomic E-state index is 3.39. The number of thioether (sulfide) groups is 1. The molecule has 2 rings (SSSR count). The summed E-state index contributed by atoms with van der Waals surface area (Å²) in [5.74, 6) is 0. The molecule has 2 heteroatoms. The first-order valence-electron chi connectivity index (χ1n) is 4.27. The third-order valence-corrected chi connectivity index (χ3v) is 3.09. The van der Waals surface area contributed by atoms with Gasteiger partial charge in [0.2, 0.25) is 0 Å². The average molecular weight is 179 g/mol. The van der Waals surface area contributed by atoms with Crippen molar-refractivity contribution in [2.45, 2.75) is 17.4 Å². The molecule has 0 spiro atoms. The van der Waals surface area contributed by atoms with Crippen LogP contribution >= 0.6 is 11.8 Å². The first-order valence-corrected chi connectivity index (χ1v) is 5.50. The zero-order valence-corrected chi connectivity index (χ0v) is 8.03. The first-order chi connectivity index (χ1) is 5.90. The Morgan fingerprint density at radius 1 is 1.33 bits per heavy atom. The van der Waals surface area contributed by atoms with Gasteiger partial charge in [-0.15, -0.1) is 11.8 Å². The minimum atomic E-state index is 0.626. The van der Waals surface area contributed by atoms with Crippen LogP contribution in [-0.4, -0.2) is 12.8 Å². The van der Waals surface area contributed by atoms with Gasteiger partial charge in [-0.3, -0.25) is 0 Å². The van der Waals surface area contributed by atoms with Crippen LogP contribution in [0.3, 0.4) is 0 Å². The lowest BCUT2D eigenvalue weighted by Crippen LogP contribution is -2.34. The standard InChI is InChI=1S/C10H13NS/c1-12-9-4-2-8(3-5-9)10-6-7-11-10/h2-5,10-11H,6-7H2,1H3/t10-/m0/s1. The molecule has 12 heavy (non-hydrogen) atoms. The average Bonchev–Trinajstić information content (AvgIpc) is 2.03. The molecule has 1 aromatic rings. The second-order valence-electron chi connectivity index (χ2n) is 3.07. The Balaban J connectivity index is 2.13. The lowest BCUT2D eigenvalue weighted by atomic mass is 9.98. The van der Waals surface area contributed by atoms with Crippen LogP contribution in [0, 0.1) is 0 Å². The van der Waals surface area contributed by atoms with Gasteiger partial charge in [0.15, 0.2) is 0 Å². The van der Waals surface area contributed by atoms with Crippen molar-refractivity contribution in [1.29, 1.82) is 0 Å². The fraction of sp³-hybridized carbons (Fsp3) is 0.400. The SMILES string of the molecule is CSc1ccc([C@@H]2CCN2)cc1. The van der Waals surface area contributed by atoms with E-state index < -0.39 is 0 Å². The van der Waals surface area contributed by atoms with Crippen molar-refractivity contribution >= 4 is 11.8 Å². The number of nitrogens with one attached hydrogen (secondary N) is 1. The molecule has 0 radical (unpaired) electrons. The predicted octanol–water partition coefficient (Wildman–Crippen LogP) is 2.44. The number of rotatable bonds is 2. The Bertz CT molecular complexity index is 251. The van der Waals surface area contributed by atoms with Crippen molar-refractivity contribution in [3.63, 3.8) is 0 Å². The van der Waals surface area contributed by atoms with E-state index in [9.17, 15) is 0 Å². The molecule has 0 bridgehead atoms. The van der Waals surface area contributed by atoms with Gasteiger partial charge in [0.1, 0.15) is 0 Å². The summed E-state index contributed by atoms with van der Waals surface area (Å²) >= 11 is 1.79. The highest BCUT2D eigenvalue weighted by molar-refractivity contribution is 7.98. The Hall–Kier alpha value is -0.470. The van der Waals surface area contributed by atoms with Gasteiger partial charge in [0.25, 0.3) is 0 Å². The van der Waals surface area contributed by atoms with E-state index in [1.54, 1.807) is 11.8 Å². The molecule has 1 atom stereocenters. The Labute approximate surface area is 77.6 Å². The van der Waals surface area contributed by atoms with Crippen LogP contribution in [0.25, 0.3) is 0 Å². The summed E-state index contributed by atoms with van der Waals surface area (Å²) in [7, 11) is 0. The third kappa shape index (κ3) is 1.50. The van der Waals surface area contributed by atoms with Crippen molar-refractivity contribution in [2.24, 2.45) is 0 Å². The van der Waals surface area contributed by atoms with E-state index >= 15 is 0 Å². The van der Waals surface area contributed by atoms with Crippen LogP contribution in [0.5, 0.6) is 0 Å². The second kappa shape index (κ2) is 3.50. The van der Waals surface area contributed by atoms with Gasteiger partial charge in [0, 0.05) is 10.9 Å². The van der Waals surface area contributed by atoms with Crippen LogP contribution in [0.4, 0.5) is 0 Å². The molecule has 1 aromatic carbocycles. The van der Waals surface area contributed by atoms with Gasteiger partial charge < -0.3 is 5.32 Å². The van der Waals surface area contributed by atoms with Crippen molar-refractivity contribution < 1.29 is 0 Å². The van der Waals surface area contributed by atoms with E-state index in [-0.39, 0.29) is 0 Å². The molecule has 0 unspecified atom stereocenters. The maximum absolute atomic E-state index is 3.39. The van der Waals surface area contributed by atoms with Crippen LogP contribution < -0.4 is 5.32 Å². The normalized spacial score (nSPS) is 21.9. The highest BCUT2D eigenvalue weighted by Gasteiger charge is 2.17. The highest BCUT2D eigenvalue weighted by atomic mass is 32.2. The minimum absolute atomic E-state index is 0.626. The summed E-state index contributed by atoms with van der Waals surface area (Å²) in [6, 6.07) is 9.46. The maximum Gasteiger partial charge on any atom is 0.0332 e. The van der Waals surface area contributed by atoms with Gasteiger partial charge in [-0.2, -0.15) is 0 Å². The molecule has 0 amide bonds. The molecule has 0 aliphatic carbocycles. The quantitative estimate of drug-likeness (QED) is 0.700. The fourth-order valence-corrected chi connectivity index (χ4v) is 1.82. The molecule has 1 N–H and O–H groups in total. The first kappa shape index (κ1) is 8.14. The van der Waals surface area contributed by atoms with E-state index in [4.69, 9.17) is 0 Å². The van der Waals surface area contributed by atoms with Crippen molar-refractivity contribution in [2.75, 3.05) is 12.8 Å². The molecule has 64 valence electrons. The number of benzene rings is 1. The minimum Gasteiger partial charge on any atom is -0.310 e. The molecule has 1 aliphatic heterocycles. The van der Waals surface area contributed by atoms with Crippen molar-refractivity contribution in [3.8, 4) is 0 Å². The van der Waals surface area contributed by atoms with Gasteiger partial charge in [-0.25, -0.2) is 0 Å². The van der Waals surface area contributed by atoms with Crippen molar-refractivity contribution in [1.82, 2.24) is 5.32 Å². The Morgan fingerprint density at radius 2 is 2.00 bits per heavy atom. The van der Waals surface area contributed by atoms with Crippen LogP contribution in [0.1, 0.15) is 18.0 Å². The Morgan fingerprint density at radius 3 is 2.42 bits per heavy atom. The smallest absolute Gasteiger partial charge is 0.0332 e. The highest BCUT2D eigenvalue weighted by Crippen LogP contribution is 2.24. The lowest BCUT2D eigenvalue weighted by molar-refractivity contribution is 0.383. The molecular formula is C10H13NS. The lowest BCUT2D eigenvalue weighted by Gasteiger charge is -2.28.